The summed E-state index contributed by atoms with van der Waals surface area (Å²) in [6.07, 6.45) is 2.71. The lowest BCUT2D eigenvalue weighted by Crippen LogP contribution is -2.49. The van der Waals surface area contributed by atoms with E-state index in [-0.39, 0.29) is 5.91 Å². The van der Waals surface area contributed by atoms with Crippen LogP contribution in [-0.4, -0.2) is 29.1 Å². The molecule has 0 unspecified atom stereocenters. The summed E-state index contributed by atoms with van der Waals surface area (Å²) in [4.78, 5) is 14.2. The van der Waals surface area contributed by atoms with Crippen LogP contribution in [0.15, 0.2) is 39.3 Å². The molecule has 22 heavy (non-hydrogen) atoms. The predicted molar refractivity (Wildman–Crippen MR) is 85.6 cm³/mol. The van der Waals surface area contributed by atoms with Gasteiger partial charge in [-0.3, -0.25) is 4.79 Å². The van der Waals surface area contributed by atoms with E-state index in [1.54, 1.807) is 0 Å². The molecule has 4 rings (SSSR count). The largest absolute Gasteiger partial charge is 0.361 e. The van der Waals surface area contributed by atoms with Crippen molar-refractivity contribution in [3.63, 3.8) is 0 Å². The number of hydrogen-bond donors (Lipinski definition) is 0. The molecule has 0 atom stereocenters. The number of rotatable bonds is 4. The molecule has 1 amide bonds. The van der Waals surface area contributed by atoms with E-state index < -0.39 is 0 Å². The smallest absolute Gasteiger partial charge is 0.228 e. The quantitative estimate of drug-likeness (QED) is 0.838. The fourth-order valence-corrected chi connectivity index (χ4v) is 3.53. The molecule has 2 aliphatic rings. The maximum Gasteiger partial charge on any atom is 0.228 e. The van der Waals surface area contributed by atoms with Crippen molar-refractivity contribution in [2.24, 2.45) is 0 Å². The second-order valence-electron chi connectivity index (χ2n) is 6.19. The normalized spacial score (nSPS) is 18.3. The van der Waals surface area contributed by atoms with Gasteiger partial charge in [-0.25, -0.2) is 0 Å². The zero-order valence-electron chi connectivity index (χ0n) is 12.2. The Bertz CT molecular complexity index is 702. The molecule has 0 radical (unpaired) electrons. The highest BCUT2D eigenvalue weighted by atomic mass is 79.9. The minimum absolute atomic E-state index is 0.138. The molecule has 1 aliphatic heterocycles. The molecule has 0 bridgehead atoms. The first-order valence-corrected chi connectivity index (χ1v) is 8.47. The van der Waals surface area contributed by atoms with E-state index in [4.69, 9.17) is 4.52 Å². The molecular formula is C17H17BrN2O2. The van der Waals surface area contributed by atoms with Crippen molar-refractivity contribution in [1.82, 2.24) is 10.1 Å². The van der Waals surface area contributed by atoms with Crippen molar-refractivity contribution >= 4 is 21.8 Å². The summed E-state index contributed by atoms with van der Waals surface area (Å²) in [5, 5.41) is 4.02. The average Bonchev–Trinajstić information content (AvgIpc) is 3.20. The summed E-state index contributed by atoms with van der Waals surface area (Å²) in [5.41, 5.74) is 2.04. The third kappa shape index (κ3) is 2.70. The molecule has 114 valence electrons. The fourth-order valence-electron chi connectivity index (χ4n) is 2.92. The zero-order chi connectivity index (χ0) is 15.1. The molecule has 4 nitrogen and oxygen atoms in total. The van der Waals surface area contributed by atoms with E-state index in [2.05, 4.69) is 33.2 Å². The molecule has 1 saturated carbocycles. The van der Waals surface area contributed by atoms with Crippen molar-refractivity contribution in [1.29, 1.82) is 0 Å². The Morgan fingerprint density at radius 3 is 2.77 bits per heavy atom. The first-order valence-electron chi connectivity index (χ1n) is 7.68. The SMILES string of the molecule is O=C(Cc1cc(C2CC2)on1)N1CC(c2ccccc2Br)C1. The summed E-state index contributed by atoms with van der Waals surface area (Å²) in [6, 6.07) is 10.2. The van der Waals surface area contributed by atoms with E-state index in [9.17, 15) is 4.79 Å². The number of carbonyl (C=O) groups excluding carboxylic acids is 1. The number of hydrogen-bond acceptors (Lipinski definition) is 3. The second-order valence-corrected chi connectivity index (χ2v) is 7.04. The minimum atomic E-state index is 0.138. The Labute approximate surface area is 137 Å². The topological polar surface area (TPSA) is 46.3 Å². The Morgan fingerprint density at radius 1 is 1.27 bits per heavy atom. The van der Waals surface area contributed by atoms with Gasteiger partial charge in [0, 0.05) is 35.5 Å². The zero-order valence-corrected chi connectivity index (χ0v) is 13.8. The number of benzene rings is 1. The van der Waals surface area contributed by atoms with Crippen LogP contribution in [0.25, 0.3) is 0 Å². The van der Waals surface area contributed by atoms with Gasteiger partial charge in [0.1, 0.15) is 5.76 Å². The molecule has 1 aromatic heterocycles. The van der Waals surface area contributed by atoms with E-state index in [1.807, 2.05) is 23.1 Å². The Kier molecular flexibility index (Phi) is 3.53. The number of carbonyl (C=O) groups is 1. The third-order valence-corrected chi connectivity index (χ3v) is 5.19. The van der Waals surface area contributed by atoms with Crippen molar-refractivity contribution in [2.75, 3.05) is 13.1 Å². The maximum absolute atomic E-state index is 12.3. The van der Waals surface area contributed by atoms with Crippen LogP contribution in [0.2, 0.25) is 0 Å². The van der Waals surface area contributed by atoms with Crippen LogP contribution in [-0.2, 0) is 11.2 Å². The van der Waals surface area contributed by atoms with E-state index in [1.165, 1.54) is 18.4 Å². The van der Waals surface area contributed by atoms with Gasteiger partial charge in [-0.15, -0.1) is 0 Å². The van der Waals surface area contributed by atoms with Gasteiger partial charge in [0.15, 0.2) is 0 Å². The second kappa shape index (κ2) is 5.54. The lowest BCUT2D eigenvalue weighted by molar-refractivity contribution is -0.135. The lowest BCUT2D eigenvalue weighted by Gasteiger charge is -2.40. The predicted octanol–water partition coefficient (Wildman–Crippen LogP) is 3.48. The van der Waals surface area contributed by atoms with E-state index >= 15 is 0 Å². The third-order valence-electron chi connectivity index (χ3n) is 4.47. The van der Waals surface area contributed by atoms with Crippen molar-refractivity contribution in [3.05, 3.63) is 51.8 Å². The minimum Gasteiger partial charge on any atom is -0.361 e. The van der Waals surface area contributed by atoms with Crippen LogP contribution >= 0.6 is 15.9 Å². The van der Waals surface area contributed by atoms with E-state index in [0.29, 0.717) is 18.3 Å². The molecular weight excluding hydrogens is 344 g/mol. The Morgan fingerprint density at radius 2 is 2.05 bits per heavy atom. The Balaban J connectivity index is 1.34. The first-order chi connectivity index (χ1) is 10.7. The average molecular weight is 361 g/mol. The highest BCUT2D eigenvalue weighted by Crippen LogP contribution is 2.40. The van der Waals surface area contributed by atoms with Crippen molar-refractivity contribution in [3.8, 4) is 0 Å². The van der Waals surface area contributed by atoms with E-state index in [0.717, 1.165) is 29.0 Å². The van der Waals surface area contributed by atoms with Crippen LogP contribution < -0.4 is 0 Å². The maximum atomic E-state index is 12.3. The molecule has 5 heteroatoms. The van der Waals surface area contributed by atoms with Gasteiger partial charge in [-0.2, -0.15) is 0 Å². The van der Waals surface area contributed by atoms with Crippen LogP contribution in [0.3, 0.4) is 0 Å². The van der Waals surface area contributed by atoms with Gasteiger partial charge in [-0.1, -0.05) is 39.3 Å². The molecule has 0 N–H and O–H groups in total. The van der Waals surface area contributed by atoms with Crippen molar-refractivity contribution < 1.29 is 9.32 Å². The first kappa shape index (κ1) is 14.0. The Hall–Kier alpha value is -1.62. The molecule has 2 fully saturated rings. The molecule has 1 aliphatic carbocycles. The fraction of sp³-hybridized carbons (Fsp3) is 0.412. The molecule has 0 spiro atoms. The molecule has 2 heterocycles. The van der Waals surface area contributed by atoms with Crippen molar-refractivity contribution in [2.45, 2.75) is 31.1 Å². The lowest BCUT2D eigenvalue weighted by atomic mass is 9.91. The van der Waals surface area contributed by atoms with Crippen LogP contribution in [0.4, 0.5) is 0 Å². The summed E-state index contributed by atoms with van der Waals surface area (Å²) in [6.45, 7) is 1.57. The molecule has 2 aromatic rings. The number of aromatic nitrogens is 1. The summed E-state index contributed by atoms with van der Waals surface area (Å²) < 4.78 is 6.42. The van der Waals surface area contributed by atoms with Gasteiger partial charge in [-0.05, 0) is 24.5 Å². The number of amides is 1. The van der Waals surface area contributed by atoms with Gasteiger partial charge in [0.05, 0.1) is 12.1 Å². The molecule has 1 aromatic carbocycles. The van der Waals surface area contributed by atoms with Crippen LogP contribution in [0.1, 0.15) is 41.7 Å². The highest BCUT2D eigenvalue weighted by Gasteiger charge is 2.33. The van der Waals surface area contributed by atoms with Gasteiger partial charge >= 0.3 is 0 Å². The summed E-state index contributed by atoms with van der Waals surface area (Å²) in [7, 11) is 0. The standard InChI is InChI=1S/C17H17BrN2O2/c18-15-4-2-1-3-14(15)12-9-20(10-12)17(21)8-13-7-16(22-19-13)11-5-6-11/h1-4,7,11-12H,5-6,8-10H2. The number of likely N-dealkylation sites (tertiary alicyclic amines) is 1. The van der Waals surface area contributed by atoms with Gasteiger partial charge < -0.3 is 9.42 Å². The number of nitrogens with zero attached hydrogens (tertiary/aromatic N) is 2. The molecule has 1 saturated heterocycles. The highest BCUT2D eigenvalue weighted by molar-refractivity contribution is 9.10. The van der Waals surface area contributed by atoms with Crippen LogP contribution in [0.5, 0.6) is 0 Å². The summed E-state index contributed by atoms with van der Waals surface area (Å²) in [5.74, 6) is 2.05. The monoisotopic (exact) mass is 360 g/mol. The van der Waals surface area contributed by atoms with Gasteiger partial charge in [0.25, 0.3) is 0 Å². The number of halogens is 1. The van der Waals surface area contributed by atoms with Gasteiger partial charge in [0.2, 0.25) is 5.91 Å². The van der Waals surface area contributed by atoms with Crippen LogP contribution in [0, 0.1) is 0 Å². The summed E-state index contributed by atoms with van der Waals surface area (Å²) >= 11 is 3.58.